The van der Waals surface area contributed by atoms with Gasteiger partial charge in [0.05, 0.1) is 10.6 Å². The van der Waals surface area contributed by atoms with E-state index in [0.29, 0.717) is 42.8 Å². The van der Waals surface area contributed by atoms with Crippen LogP contribution in [0.25, 0.3) is 16.9 Å². The van der Waals surface area contributed by atoms with Crippen LogP contribution in [0.15, 0.2) is 65.6 Å². The summed E-state index contributed by atoms with van der Waals surface area (Å²) in [6, 6.07) is 18.9. The van der Waals surface area contributed by atoms with Gasteiger partial charge in [0.15, 0.2) is 17.1 Å². The second-order valence-corrected chi connectivity index (χ2v) is 8.37. The minimum atomic E-state index is -1.29. The first-order valence-corrected chi connectivity index (χ1v) is 12.3. The van der Waals surface area contributed by atoms with Crippen molar-refractivity contribution in [1.29, 1.82) is 0 Å². The maximum atomic E-state index is 12.1. The third kappa shape index (κ3) is 5.19. The molecule has 4 aromatic rings. The number of benzene rings is 2. The average molecular weight is 481 g/mol. The number of nitrogens with one attached hydrogen (secondary N) is 2. The molecule has 5 rings (SSSR count). The average Bonchev–Trinajstić information content (AvgIpc) is 3.31. The minimum absolute atomic E-state index is 0.430. The molecule has 1 atom stereocenters. The van der Waals surface area contributed by atoms with Crippen molar-refractivity contribution < 1.29 is 13.7 Å². The molecule has 0 saturated heterocycles. The van der Waals surface area contributed by atoms with Gasteiger partial charge in [-0.15, -0.1) is 5.10 Å². The molecule has 0 saturated carbocycles. The van der Waals surface area contributed by atoms with Gasteiger partial charge in [-0.05, 0) is 54.6 Å². The minimum Gasteiger partial charge on any atom is -0.486 e. The van der Waals surface area contributed by atoms with E-state index in [1.165, 1.54) is 0 Å². The molecular weight excluding hydrogens is 452 g/mol. The van der Waals surface area contributed by atoms with Crippen LogP contribution in [0.4, 0.5) is 11.6 Å². The fourth-order valence-electron chi connectivity index (χ4n) is 3.41. The summed E-state index contributed by atoms with van der Waals surface area (Å²) in [5, 5.41) is 7.83. The number of rotatable bonds is 7. The van der Waals surface area contributed by atoms with Crippen molar-refractivity contribution >= 4 is 28.3 Å². The summed E-state index contributed by atoms with van der Waals surface area (Å²) < 4.78 is 28.1. The lowest BCUT2D eigenvalue weighted by Gasteiger charge is -2.19. The Morgan fingerprint density at radius 3 is 2.56 bits per heavy atom. The number of nitrogens with zero attached hydrogens (tertiary/aromatic N) is 3. The monoisotopic (exact) mass is 480 g/mol. The summed E-state index contributed by atoms with van der Waals surface area (Å²) in [5.74, 6) is 1.93. The fraction of sp³-hybridized carbons (Fsp3) is 0.250. The number of pyridine rings is 1. The Balaban J connectivity index is 0.00000133. The van der Waals surface area contributed by atoms with Crippen molar-refractivity contribution in [3.05, 3.63) is 60.7 Å². The SMILES string of the molecule is CC.NCCNS(=O)c1ccc(Nc2nc3cccc(-c4ccc5c(c4)OCCO5)n3n2)cc1. The molecule has 10 heteroatoms. The Morgan fingerprint density at radius 2 is 1.79 bits per heavy atom. The van der Waals surface area contributed by atoms with E-state index in [-0.39, 0.29) is 0 Å². The number of fused-ring (bicyclic) bond motifs is 2. The molecule has 1 unspecified atom stereocenters. The van der Waals surface area contributed by atoms with Crippen LogP contribution in [0.1, 0.15) is 13.8 Å². The molecule has 1 aliphatic heterocycles. The van der Waals surface area contributed by atoms with Gasteiger partial charge in [0.25, 0.3) is 0 Å². The lowest BCUT2D eigenvalue weighted by molar-refractivity contribution is 0.171. The van der Waals surface area contributed by atoms with E-state index >= 15 is 0 Å². The predicted molar refractivity (Wildman–Crippen MR) is 134 cm³/mol. The third-order valence-corrected chi connectivity index (χ3v) is 6.07. The first-order chi connectivity index (χ1) is 16.7. The maximum absolute atomic E-state index is 12.1. The van der Waals surface area contributed by atoms with Gasteiger partial charge in [0, 0.05) is 24.3 Å². The maximum Gasteiger partial charge on any atom is 0.247 e. The van der Waals surface area contributed by atoms with Crippen LogP contribution in [0.5, 0.6) is 11.5 Å². The highest BCUT2D eigenvalue weighted by Gasteiger charge is 2.15. The molecule has 2 aromatic heterocycles. The normalized spacial score (nSPS) is 13.1. The topological polar surface area (TPSA) is 116 Å². The molecule has 3 heterocycles. The van der Waals surface area contributed by atoms with Gasteiger partial charge < -0.3 is 20.5 Å². The Bertz CT molecular complexity index is 1280. The number of aromatic nitrogens is 3. The van der Waals surface area contributed by atoms with Gasteiger partial charge in [0.2, 0.25) is 5.95 Å². The van der Waals surface area contributed by atoms with Gasteiger partial charge in [-0.3, -0.25) is 0 Å². The van der Waals surface area contributed by atoms with Crippen LogP contribution in [0.2, 0.25) is 0 Å². The summed E-state index contributed by atoms with van der Waals surface area (Å²) in [6.45, 7) is 6.01. The molecule has 4 N–H and O–H groups in total. The van der Waals surface area contributed by atoms with Crippen molar-refractivity contribution in [1.82, 2.24) is 19.3 Å². The second-order valence-electron chi connectivity index (χ2n) is 7.08. The smallest absolute Gasteiger partial charge is 0.247 e. The van der Waals surface area contributed by atoms with Gasteiger partial charge in [0.1, 0.15) is 24.2 Å². The van der Waals surface area contributed by atoms with Gasteiger partial charge in [-0.1, -0.05) is 19.9 Å². The highest BCUT2D eigenvalue weighted by atomic mass is 32.2. The molecule has 178 valence electrons. The van der Waals surface area contributed by atoms with E-state index in [4.69, 9.17) is 15.2 Å². The first kappa shape index (κ1) is 23.7. The summed E-state index contributed by atoms with van der Waals surface area (Å²) in [4.78, 5) is 5.25. The van der Waals surface area contributed by atoms with E-state index in [1.54, 1.807) is 16.6 Å². The fourth-order valence-corrected chi connectivity index (χ4v) is 4.26. The summed E-state index contributed by atoms with van der Waals surface area (Å²) >= 11 is 0. The predicted octanol–water partition coefficient (Wildman–Crippen LogP) is 3.51. The van der Waals surface area contributed by atoms with Crippen molar-refractivity contribution in [2.75, 3.05) is 31.6 Å². The molecule has 1 aliphatic rings. The molecule has 0 fully saturated rings. The number of hydrogen-bond donors (Lipinski definition) is 3. The summed E-state index contributed by atoms with van der Waals surface area (Å²) in [5.41, 5.74) is 8.78. The molecule has 9 nitrogen and oxygen atoms in total. The molecule has 0 spiro atoms. The van der Waals surface area contributed by atoms with E-state index < -0.39 is 11.0 Å². The van der Waals surface area contributed by atoms with E-state index in [2.05, 4.69) is 20.1 Å². The van der Waals surface area contributed by atoms with Crippen molar-refractivity contribution in [3.8, 4) is 22.8 Å². The largest absolute Gasteiger partial charge is 0.486 e. The van der Waals surface area contributed by atoms with Gasteiger partial charge in [-0.2, -0.15) is 4.98 Å². The zero-order valence-electron chi connectivity index (χ0n) is 19.2. The van der Waals surface area contributed by atoms with Crippen LogP contribution in [-0.2, 0) is 11.0 Å². The number of nitrogens with two attached hydrogens (primary N) is 1. The Hall–Kier alpha value is -3.47. The highest BCUT2D eigenvalue weighted by Crippen LogP contribution is 2.34. The highest BCUT2D eigenvalue weighted by molar-refractivity contribution is 7.83. The molecular formula is C24H28N6O3S. The zero-order chi connectivity index (χ0) is 23.9. The van der Waals surface area contributed by atoms with E-state index in [9.17, 15) is 4.21 Å². The van der Waals surface area contributed by atoms with Crippen LogP contribution in [0.3, 0.4) is 0 Å². The molecule has 0 aliphatic carbocycles. The van der Waals surface area contributed by atoms with Crippen molar-refractivity contribution in [2.45, 2.75) is 18.7 Å². The molecule has 0 bridgehead atoms. The first-order valence-electron chi connectivity index (χ1n) is 11.2. The third-order valence-electron chi connectivity index (χ3n) is 4.90. The number of hydrogen-bond acceptors (Lipinski definition) is 7. The zero-order valence-corrected chi connectivity index (χ0v) is 20.0. The Kier molecular flexibility index (Phi) is 7.73. The second kappa shape index (κ2) is 11.1. The quantitative estimate of drug-likeness (QED) is 0.371. The lowest BCUT2D eigenvalue weighted by atomic mass is 10.1. The van der Waals surface area contributed by atoms with Crippen LogP contribution in [-0.4, -0.2) is 45.1 Å². The van der Waals surface area contributed by atoms with Crippen LogP contribution >= 0.6 is 0 Å². The van der Waals surface area contributed by atoms with Gasteiger partial charge >= 0.3 is 0 Å². The standard InChI is InChI=1S/C22H22N6O3S.C2H6/c23-10-11-24-32(29)17-7-5-16(6-8-17)25-22-26-21-3-1-2-18(28(21)27-22)15-4-9-19-20(14-15)31-13-12-30-19;1-2/h1-9,14,24H,10-13,23H2,(H,25,27);1-2H3. The Morgan fingerprint density at radius 1 is 1.03 bits per heavy atom. The lowest BCUT2D eigenvalue weighted by Crippen LogP contribution is -2.24. The van der Waals surface area contributed by atoms with Crippen molar-refractivity contribution in [3.63, 3.8) is 0 Å². The van der Waals surface area contributed by atoms with Gasteiger partial charge in [-0.25, -0.2) is 13.4 Å². The molecule has 34 heavy (non-hydrogen) atoms. The molecule has 0 radical (unpaired) electrons. The summed E-state index contributed by atoms with van der Waals surface area (Å²) in [7, 11) is -1.29. The Labute approximate surface area is 200 Å². The van der Waals surface area contributed by atoms with Crippen LogP contribution in [0, 0.1) is 0 Å². The van der Waals surface area contributed by atoms with Crippen LogP contribution < -0.4 is 25.2 Å². The summed E-state index contributed by atoms with van der Waals surface area (Å²) in [6.07, 6.45) is 0. The number of ether oxygens (including phenoxy) is 2. The molecule has 0 amide bonds. The van der Waals surface area contributed by atoms with Crippen molar-refractivity contribution in [2.24, 2.45) is 5.73 Å². The number of anilines is 2. The van der Waals surface area contributed by atoms with E-state index in [1.807, 2.05) is 62.4 Å². The van der Waals surface area contributed by atoms with E-state index in [0.717, 1.165) is 28.4 Å². The molecule has 2 aromatic carbocycles.